The molecule has 6 N–H and O–H groups in total. The Labute approximate surface area is 187 Å². The van der Waals surface area contributed by atoms with E-state index in [1.54, 1.807) is 0 Å². The molecule has 0 bridgehead atoms. The third-order valence-corrected chi connectivity index (χ3v) is 4.63. The first kappa shape index (κ1) is 32.4. The topological polar surface area (TPSA) is 160 Å². The number of hydrogen-bond donors (Lipinski definition) is 5. The zero-order chi connectivity index (χ0) is 23.8. The molecule has 0 heterocycles. The summed E-state index contributed by atoms with van der Waals surface area (Å²) in [5, 5.41) is 17.1. The van der Waals surface area contributed by atoms with Crippen LogP contribution in [0.25, 0.3) is 0 Å². The monoisotopic (exact) mass is 469 g/mol. The summed E-state index contributed by atoms with van der Waals surface area (Å²) in [6.45, 7) is 1.78. The molecule has 0 amide bonds. The maximum Gasteiger partial charge on any atom is 0.469 e. The first-order valence-electron chi connectivity index (χ1n) is 11.3. The third kappa shape index (κ3) is 31.5. The predicted octanol–water partition coefficient (Wildman–Crippen LogP) is 3.19. The Bertz CT molecular complexity index is 468. The van der Waals surface area contributed by atoms with Crippen LogP contribution in [0.5, 0.6) is 0 Å². The highest BCUT2D eigenvalue weighted by atomic mass is 31.2. The number of ether oxygens (including phenoxy) is 1. The van der Waals surface area contributed by atoms with E-state index in [-0.39, 0.29) is 19.6 Å². The zero-order valence-corrected chi connectivity index (χ0v) is 19.9. The zero-order valence-electron chi connectivity index (χ0n) is 19.0. The van der Waals surface area contributed by atoms with Crippen LogP contribution in [0.4, 0.5) is 0 Å². The summed E-state index contributed by atoms with van der Waals surface area (Å²) in [5.74, 6) is -0.420. The Morgan fingerprint density at radius 3 is 2.00 bits per heavy atom. The second kappa shape index (κ2) is 23.9. The van der Waals surface area contributed by atoms with Crippen LogP contribution in [-0.4, -0.2) is 58.4 Å². The Morgan fingerprint density at radius 1 is 0.968 bits per heavy atom. The molecule has 0 saturated heterocycles. The van der Waals surface area contributed by atoms with E-state index in [9.17, 15) is 14.5 Å². The van der Waals surface area contributed by atoms with Gasteiger partial charge in [-0.3, -0.25) is 9.32 Å². The Hall–Kier alpha value is -0.800. The molecular weight excluding hydrogens is 425 g/mol. The average molecular weight is 470 g/mol. The van der Waals surface area contributed by atoms with Crippen molar-refractivity contribution in [1.82, 2.24) is 0 Å². The van der Waals surface area contributed by atoms with E-state index in [1.165, 1.54) is 38.5 Å². The molecule has 186 valence electrons. The molecule has 0 radical (unpaired) electrons. The van der Waals surface area contributed by atoms with Crippen molar-refractivity contribution in [1.29, 1.82) is 0 Å². The highest BCUT2D eigenvalue weighted by molar-refractivity contribution is 7.46. The average Bonchev–Trinajstić information content (AvgIpc) is 2.73. The maximum atomic E-state index is 11.5. The molecule has 0 aliphatic rings. The number of nitrogens with two attached hydrogens (primary N) is 1. The summed E-state index contributed by atoms with van der Waals surface area (Å²) in [6.07, 6.45) is 16.2. The van der Waals surface area contributed by atoms with Gasteiger partial charge in [0.05, 0.1) is 13.2 Å². The maximum absolute atomic E-state index is 11.5. The molecule has 0 aliphatic carbocycles. The van der Waals surface area contributed by atoms with Crippen molar-refractivity contribution in [3.63, 3.8) is 0 Å². The van der Waals surface area contributed by atoms with Crippen LogP contribution in [0.1, 0.15) is 84.0 Å². The number of aliphatic hydroxyl groups excluding tert-OH is 2. The minimum atomic E-state index is -4.62. The van der Waals surface area contributed by atoms with Gasteiger partial charge < -0.3 is 30.5 Å². The molecule has 0 aromatic heterocycles. The van der Waals surface area contributed by atoms with Crippen molar-refractivity contribution >= 4 is 13.8 Å². The van der Waals surface area contributed by atoms with Crippen molar-refractivity contribution in [2.24, 2.45) is 5.73 Å². The van der Waals surface area contributed by atoms with Crippen molar-refractivity contribution in [3.8, 4) is 0 Å². The number of esters is 1. The van der Waals surface area contributed by atoms with Crippen LogP contribution in [0.15, 0.2) is 12.2 Å². The molecule has 9 nitrogen and oxygen atoms in total. The third-order valence-electron chi connectivity index (χ3n) is 4.14. The molecule has 1 unspecified atom stereocenters. The lowest BCUT2D eigenvalue weighted by Crippen LogP contribution is -2.23. The van der Waals surface area contributed by atoms with Crippen LogP contribution in [0, 0.1) is 0 Å². The van der Waals surface area contributed by atoms with E-state index in [1.807, 2.05) is 0 Å². The molecule has 0 rings (SSSR count). The molecule has 1 atom stereocenters. The first-order valence-corrected chi connectivity index (χ1v) is 12.8. The van der Waals surface area contributed by atoms with Crippen molar-refractivity contribution in [2.75, 3.05) is 26.4 Å². The summed E-state index contributed by atoms with van der Waals surface area (Å²) in [5.41, 5.74) is 4.78. The van der Waals surface area contributed by atoms with Gasteiger partial charge in [0.25, 0.3) is 0 Å². The summed E-state index contributed by atoms with van der Waals surface area (Å²) >= 11 is 0. The Kier molecular flexibility index (Phi) is 24.9. The van der Waals surface area contributed by atoms with Gasteiger partial charge in [0.15, 0.2) is 0 Å². The van der Waals surface area contributed by atoms with Crippen LogP contribution in [0.2, 0.25) is 0 Å². The number of carbonyl (C=O) groups excluding carboxylic acids is 1. The van der Waals surface area contributed by atoms with Gasteiger partial charge in [-0.2, -0.15) is 0 Å². The van der Waals surface area contributed by atoms with Crippen LogP contribution in [0.3, 0.4) is 0 Å². The fraction of sp³-hybridized carbons (Fsp3) is 0.857. The lowest BCUT2D eigenvalue weighted by atomic mass is 10.1. The normalized spacial score (nSPS) is 12.5. The molecule has 0 saturated carbocycles. The number of carbonyl (C=O) groups is 1. The second-order valence-corrected chi connectivity index (χ2v) is 8.50. The highest BCUT2D eigenvalue weighted by Crippen LogP contribution is 2.35. The van der Waals surface area contributed by atoms with Gasteiger partial charge in [0.2, 0.25) is 0 Å². The van der Waals surface area contributed by atoms with Gasteiger partial charge in [-0.05, 0) is 32.1 Å². The smallest absolute Gasteiger partial charge is 0.463 e. The fourth-order valence-electron chi connectivity index (χ4n) is 2.48. The predicted molar refractivity (Wildman–Crippen MR) is 121 cm³/mol. The van der Waals surface area contributed by atoms with E-state index >= 15 is 0 Å². The summed E-state index contributed by atoms with van der Waals surface area (Å²) < 4.78 is 19.4. The van der Waals surface area contributed by atoms with E-state index in [2.05, 4.69) is 23.6 Å². The number of unbranched alkanes of at least 4 members (excludes halogenated alkanes) is 9. The van der Waals surface area contributed by atoms with Gasteiger partial charge in [0, 0.05) is 13.0 Å². The quantitative estimate of drug-likeness (QED) is 0.0828. The van der Waals surface area contributed by atoms with Crippen molar-refractivity contribution in [2.45, 2.75) is 90.1 Å². The molecule has 10 heteroatoms. The standard InChI is InChI=1S/C19H37O7P.C2H7NO/c1-2-3-4-5-6-7-8-9-10-11-12-13-14-15-19(21)25-16-18(20)17-26-27(22,23)24;3-1-2-4/h7-8,18,20H,2-6,9-17H2,1H3,(H2,22,23,24);4H,1-3H2/b8-7-;. The summed E-state index contributed by atoms with van der Waals surface area (Å²) in [4.78, 5) is 28.5. The van der Waals surface area contributed by atoms with Crippen LogP contribution in [-0.2, 0) is 18.6 Å². The molecular formula is C21H44NO8P. The Morgan fingerprint density at radius 2 is 1.48 bits per heavy atom. The molecule has 0 fully saturated rings. The number of allylic oxidation sites excluding steroid dienone is 2. The summed E-state index contributed by atoms with van der Waals surface area (Å²) in [6, 6.07) is 0. The van der Waals surface area contributed by atoms with E-state index < -0.39 is 26.5 Å². The first-order chi connectivity index (χ1) is 14.8. The summed E-state index contributed by atoms with van der Waals surface area (Å²) in [7, 11) is -4.62. The fourth-order valence-corrected chi connectivity index (χ4v) is 2.85. The SMILES string of the molecule is CCCCCC/C=C\CCCCCCCC(=O)OCC(O)COP(=O)(O)O.NCCO. The molecule has 0 aromatic rings. The van der Waals surface area contributed by atoms with E-state index in [0.29, 0.717) is 6.54 Å². The van der Waals surface area contributed by atoms with Gasteiger partial charge >= 0.3 is 13.8 Å². The molecule has 0 aliphatic heterocycles. The van der Waals surface area contributed by atoms with E-state index in [4.69, 9.17) is 25.4 Å². The highest BCUT2D eigenvalue weighted by Gasteiger charge is 2.17. The molecule has 0 aromatic carbocycles. The van der Waals surface area contributed by atoms with Gasteiger partial charge in [-0.25, -0.2) is 4.57 Å². The largest absolute Gasteiger partial charge is 0.469 e. The van der Waals surface area contributed by atoms with E-state index in [0.717, 1.165) is 32.1 Å². The number of phosphoric ester groups is 1. The van der Waals surface area contributed by atoms with Crippen molar-refractivity contribution in [3.05, 3.63) is 12.2 Å². The lowest BCUT2D eigenvalue weighted by Gasteiger charge is -2.12. The molecule has 0 spiro atoms. The molecule has 31 heavy (non-hydrogen) atoms. The van der Waals surface area contributed by atoms with Crippen LogP contribution < -0.4 is 5.73 Å². The van der Waals surface area contributed by atoms with Crippen molar-refractivity contribution < 1.29 is 38.6 Å². The van der Waals surface area contributed by atoms with Gasteiger partial charge in [-0.15, -0.1) is 0 Å². The minimum Gasteiger partial charge on any atom is -0.463 e. The Balaban J connectivity index is 0. The minimum absolute atomic E-state index is 0.0972. The number of hydrogen-bond acceptors (Lipinski definition) is 7. The van der Waals surface area contributed by atoms with Crippen LogP contribution >= 0.6 is 7.82 Å². The lowest BCUT2D eigenvalue weighted by molar-refractivity contribution is -0.147. The van der Waals surface area contributed by atoms with Gasteiger partial charge in [-0.1, -0.05) is 57.6 Å². The van der Waals surface area contributed by atoms with Gasteiger partial charge in [0.1, 0.15) is 12.7 Å². The number of phosphoric acid groups is 1. The number of aliphatic hydroxyl groups is 2. The second-order valence-electron chi connectivity index (χ2n) is 7.26. The number of rotatable bonds is 19.